The number of benzene rings is 7. The first-order valence-corrected chi connectivity index (χ1v) is 17.0. The lowest BCUT2D eigenvalue weighted by molar-refractivity contribution is 0.649. The molecule has 4 heteroatoms. The highest BCUT2D eigenvalue weighted by atomic mass is 16.3. The van der Waals surface area contributed by atoms with Crippen molar-refractivity contribution < 1.29 is 4.42 Å². The minimum atomic E-state index is -0.175. The molecule has 3 heterocycles. The third kappa shape index (κ3) is 3.55. The van der Waals surface area contributed by atoms with Crippen LogP contribution in [0.2, 0.25) is 0 Å². The van der Waals surface area contributed by atoms with Crippen LogP contribution >= 0.6 is 0 Å². The molecular formula is C45H31N3O. The highest BCUT2D eigenvalue weighted by Gasteiger charge is 2.37. The van der Waals surface area contributed by atoms with E-state index in [1.54, 1.807) is 0 Å². The van der Waals surface area contributed by atoms with Crippen LogP contribution < -0.4 is 5.32 Å². The fourth-order valence-corrected chi connectivity index (χ4v) is 8.71. The van der Waals surface area contributed by atoms with Gasteiger partial charge in [-0.3, -0.25) is 4.57 Å². The molecule has 1 aliphatic carbocycles. The summed E-state index contributed by atoms with van der Waals surface area (Å²) in [5, 5.41) is 10.9. The van der Waals surface area contributed by atoms with Crippen LogP contribution in [0.15, 0.2) is 149 Å². The van der Waals surface area contributed by atoms with Gasteiger partial charge in [0.1, 0.15) is 11.2 Å². The summed E-state index contributed by atoms with van der Waals surface area (Å²) >= 11 is 0. The van der Waals surface area contributed by atoms with Gasteiger partial charge in [-0.25, -0.2) is 4.99 Å². The summed E-state index contributed by atoms with van der Waals surface area (Å²) in [5.41, 5.74) is 12.6. The Bertz CT molecular complexity index is 2900. The maximum atomic E-state index is 6.85. The summed E-state index contributed by atoms with van der Waals surface area (Å²) in [6, 6.07) is 50.1. The van der Waals surface area contributed by atoms with E-state index in [1.165, 1.54) is 38.4 Å². The van der Waals surface area contributed by atoms with Gasteiger partial charge in [0.15, 0.2) is 0 Å². The van der Waals surface area contributed by atoms with Crippen molar-refractivity contribution in [2.75, 3.05) is 0 Å². The van der Waals surface area contributed by atoms with Crippen molar-refractivity contribution in [2.45, 2.75) is 25.3 Å². The van der Waals surface area contributed by atoms with Crippen LogP contribution in [0.25, 0.3) is 65.6 Å². The van der Waals surface area contributed by atoms with Crippen molar-refractivity contribution in [3.05, 3.63) is 162 Å². The Morgan fingerprint density at radius 1 is 0.571 bits per heavy atom. The Morgan fingerprint density at radius 2 is 1.31 bits per heavy atom. The van der Waals surface area contributed by atoms with Crippen LogP contribution in [0.4, 0.5) is 5.69 Å². The maximum Gasteiger partial charge on any atom is 0.209 e. The Labute approximate surface area is 282 Å². The predicted molar refractivity (Wildman–Crippen MR) is 202 cm³/mol. The van der Waals surface area contributed by atoms with Gasteiger partial charge in [0.2, 0.25) is 5.96 Å². The largest absolute Gasteiger partial charge is 0.455 e. The van der Waals surface area contributed by atoms with Crippen LogP contribution in [-0.2, 0) is 5.41 Å². The van der Waals surface area contributed by atoms with Gasteiger partial charge >= 0.3 is 0 Å². The highest BCUT2D eigenvalue weighted by molar-refractivity contribution is 6.17. The first kappa shape index (κ1) is 26.9. The minimum absolute atomic E-state index is 0.112. The zero-order valence-electron chi connectivity index (χ0n) is 27.2. The lowest BCUT2D eigenvalue weighted by Crippen LogP contribution is -2.36. The number of para-hydroxylation sites is 3. The number of nitrogens with zero attached hydrogens (tertiary/aromatic N) is 2. The molecule has 0 bridgehead atoms. The fourth-order valence-electron chi connectivity index (χ4n) is 8.71. The molecule has 2 aliphatic rings. The first-order valence-electron chi connectivity index (χ1n) is 17.0. The lowest BCUT2D eigenvalue weighted by atomic mass is 9.82. The van der Waals surface area contributed by atoms with Gasteiger partial charge in [0, 0.05) is 43.5 Å². The Morgan fingerprint density at radius 3 is 2.24 bits per heavy atom. The Balaban J connectivity index is 1.15. The van der Waals surface area contributed by atoms with Crippen molar-refractivity contribution in [1.29, 1.82) is 0 Å². The minimum Gasteiger partial charge on any atom is -0.455 e. The van der Waals surface area contributed by atoms with Crippen LogP contribution in [0.5, 0.6) is 0 Å². The molecule has 0 radical (unpaired) electrons. The molecule has 4 nitrogen and oxygen atoms in total. The van der Waals surface area contributed by atoms with Crippen LogP contribution in [0.1, 0.15) is 42.1 Å². The van der Waals surface area contributed by atoms with Crippen molar-refractivity contribution in [1.82, 2.24) is 9.88 Å². The molecule has 0 spiro atoms. The smallest absolute Gasteiger partial charge is 0.209 e. The highest BCUT2D eigenvalue weighted by Crippen LogP contribution is 2.51. The summed E-state index contributed by atoms with van der Waals surface area (Å²) < 4.78 is 9.18. The second-order valence-corrected chi connectivity index (χ2v) is 14.0. The second-order valence-electron chi connectivity index (χ2n) is 14.0. The van der Waals surface area contributed by atoms with Crippen molar-refractivity contribution in [3.63, 3.8) is 0 Å². The third-order valence-corrected chi connectivity index (χ3v) is 11.1. The van der Waals surface area contributed by atoms with Crippen LogP contribution in [-0.4, -0.2) is 10.5 Å². The van der Waals surface area contributed by atoms with E-state index in [1.807, 2.05) is 0 Å². The average Bonchev–Trinajstić information content (AvgIpc) is 3.76. The van der Waals surface area contributed by atoms with Gasteiger partial charge < -0.3 is 9.73 Å². The summed E-state index contributed by atoms with van der Waals surface area (Å²) in [5.74, 6) is 0.807. The quantitative estimate of drug-likeness (QED) is 0.196. The van der Waals surface area contributed by atoms with E-state index in [-0.39, 0.29) is 11.5 Å². The number of hydrogen-bond donors (Lipinski definition) is 1. The molecule has 49 heavy (non-hydrogen) atoms. The third-order valence-electron chi connectivity index (χ3n) is 11.1. The van der Waals surface area contributed by atoms with E-state index >= 15 is 0 Å². The molecule has 1 atom stereocenters. The molecule has 0 saturated carbocycles. The first-order chi connectivity index (χ1) is 24.1. The van der Waals surface area contributed by atoms with Crippen molar-refractivity contribution in [2.24, 2.45) is 4.99 Å². The van der Waals surface area contributed by atoms with Gasteiger partial charge in [0.05, 0.1) is 22.8 Å². The number of nitrogens with one attached hydrogen (secondary N) is 1. The van der Waals surface area contributed by atoms with E-state index in [0.717, 1.165) is 61.1 Å². The SMILES string of the molecule is CC1(C)c2ccccc2-c2cc3c4ccccc4n(C4=Nc5ccccc5C(c5cccc6c5oc5c7ccccc7ccc65)N4)c3cc21. The predicted octanol–water partition coefficient (Wildman–Crippen LogP) is 11.4. The molecule has 0 fully saturated rings. The summed E-state index contributed by atoms with van der Waals surface area (Å²) in [6.45, 7) is 4.69. The molecular weight excluding hydrogens is 599 g/mol. The van der Waals surface area contributed by atoms with Crippen molar-refractivity contribution in [3.8, 4) is 11.1 Å². The molecule has 1 aliphatic heterocycles. The number of furan rings is 1. The van der Waals surface area contributed by atoms with E-state index in [0.29, 0.717) is 0 Å². The summed E-state index contributed by atoms with van der Waals surface area (Å²) in [6.07, 6.45) is 0. The zero-order valence-corrected chi connectivity index (χ0v) is 27.2. The van der Waals surface area contributed by atoms with Gasteiger partial charge in [-0.05, 0) is 58.0 Å². The number of aromatic nitrogens is 1. The normalized spacial score (nSPS) is 16.2. The van der Waals surface area contributed by atoms with E-state index in [4.69, 9.17) is 9.41 Å². The van der Waals surface area contributed by atoms with Gasteiger partial charge in [-0.15, -0.1) is 0 Å². The molecule has 232 valence electrons. The number of aliphatic imine (C=N–C) groups is 1. The summed E-state index contributed by atoms with van der Waals surface area (Å²) in [4.78, 5) is 5.33. The van der Waals surface area contributed by atoms with Crippen LogP contribution in [0.3, 0.4) is 0 Å². The van der Waals surface area contributed by atoms with Gasteiger partial charge in [0.25, 0.3) is 0 Å². The number of fused-ring (bicyclic) bond motifs is 12. The summed E-state index contributed by atoms with van der Waals surface area (Å²) in [7, 11) is 0. The topological polar surface area (TPSA) is 42.5 Å². The maximum absolute atomic E-state index is 6.85. The molecule has 9 aromatic rings. The molecule has 7 aromatic carbocycles. The van der Waals surface area contributed by atoms with Gasteiger partial charge in [-0.2, -0.15) is 0 Å². The lowest BCUT2D eigenvalue weighted by Gasteiger charge is -2.28. The number of hydrogen-bond acceptors (Lipinski definition) is 3. The zero-order chi connectivity index (χ0) is 32.4. The van der Waals surface area contributed by atoms with Gasteiger partial charge in [-0.1, -0.05) is 123 Å². The monoisotopic (exact) mass is 629 g/mol. The molecule has 0 amide bonds. The number of rotatable bonds is 1. The fraction of sp³-hybridized carbons (Fsp3) is 0.0889. The van der Waals surface area contributed by atoms with E-state index in [9.17, 15) is 0 Å². The van der Waals surface area contributed by atoms with E-state index < -0.39 is 0 Å². The Kier molecular flexibility index (Phi) is 5.20. The average molecular weight is 630 g/mol. The van der Waals surface area contributed by atoms with E-state index in [2.05, 4.69) is 163 Å². The standard InChI is InChI=1S/C45H31N3O/c1-45(2)36-19-8-5-14-28(36)34-24-35-29-15-7-10-21-39(29)48(40(35)25-37(34)45)44-46-38-20-9-6-16-32(38)41(47-44)33-18-11-17-30-31-23-22-26-12-3-4-13-27(26)42(31)49-43(30)33/h3-25,41H,1-2H3,(H,46,47). The second kappa shape index (κ2) is 9.48. The Hall–Kier alpha value is -6.13. The molecule has 1 N–H and O–H groups in total. The molecule has 2 aromatic heterocycles. The molecule has 0 saturated heterocycles. The molecule has 1 unspecified atom stereocenters. The van der Waals surface area contributed by atoms with Crippen molar-refractivity contribution >= 4 is 66.2 Å². The van der Waals surface area contributed by atoms with Crippen LogP contribution in [0, 0.1) is 0 Å². The molecule has 11 rings (SSSR count).